The average Bonchev–Trinajstić information content (AvgIpc) is 2.41. The summed E-state index contributed by atoms with van der Waals surface area (Å²) >= 11 is 9.43. The van der Waals surface area contributed by atoms with Gasteiger partial charge in [0.2, 0.25) is 10.0 Å². The minimum atomic E-state index is -3.72. The zero-order chi connectivity index (χ0) is 14.9. The Labute approximate surface area is 132 Å². The predicted molar refractivity (Wildman–Crippen MR) is 81.3 cm³/mol. The molecule has 7 heteroatoms. The molecule has 0 bridgehead atoms. The Morgan fingerprint density at radius 3 is 2.55 bits per heavy atom. The first-order valence-corrected chi connectivity index (χ1v) is 9.15. The van der Waals surface area contributed by atoms with E-state index in [-0.39, 0.29) is 9.92 Å². The molecule has 0 aromatic heterocycles. The molecule has 3 nitrogen and oxygen atoms in total. The van der Waals surface area contributed by atoms with Gasteiger partial charge in [-0.2, -0.15) is 4.31 Å². The molecule has 1 fully saturated rings. The normalized spacial score (nSPS) is 20.0. The minimum Gasteiger partial charge on any atom is -0.207 e. The van der Waals surface area contributed by atoms with E-state index >= 15 is 0 Å². The Morgan fingerprint density at radius 2 is 2.00 bits per heavy atom. The number of benzene rings is 1. The topological polar surface area (TPSA) is 37.4 Å². The first-order chi connectivity index (χ1) is 9.32. The quantitative estimate of drug-likeness (QED) is 0.746. The van der Waals surface area contributed by atoms with Gasteiger partial charge >= 0.3 is 0 Å². The van der Waals surface area contributed by atoms with Crippen molar-refractivity contribution in [3.05, 3.63) is 29.0 Å². The van der Waals surface area contributed by atoms with E-state index in [1.165, 1.54) is 10.4 Å². The van der Waals surface area contributed by atoms with Crippen molar-refractivity contribution < 1.29 is 12.8 Å². The van der Waals surface area contributed by atoms with Crippen LogP contribution in [-0.4, -0.2) is 30.6 Å². The fourth-order valence-electron chi connectivity index (χ4n) is 2.39. The van der Waals surface area contributed by atoms with Crippen LogP contribution in [0.5, 0.6) is 0 Å². The number of hydrogen-bond donors (Lipinski definition) is 0. The number of alkyl halides is 1. The molecule has 0 spiro atoms. The molecule has 1 aromatic rings. The highest BCUT2D eigenvalue weighted by Crippen LogP contribution is 2.31. The molecule has 1 aliphatic rings. The summed E-state index contributed by atoms with van der Waals surface area (Å²) in [5, 5.41) is 0.0578. The standard InChI is InChI=1S/C13H16BrClFNO2S/c1-9(14)10-4-6-17(7-5-10)20(18,19)13-8-11(16)2-3-12(13)15/h2-3,8-10H,4-7H2,1H3. The zero-order valence-electron chi connectivity index (χ0n) is 11.0. The van der Waals surface area contributed by atoms with E-state index in [1.54, 1.807) is 0 Å². The summed E-state index contributed by atoms with van der Waals surface area (Å²) in [6, 6.07) is 3.41. The molecule has 0 radical (unpaired) electrons. The number of piperidine rings is 1. The second-order valence-electron chi connectivity index (χ2n) is 4.99. The average molecular weight is 385 g/mol. The van der Waals surface area contributed by atoms with Crippen LogP contribution in [0.4, 0.5) is 4.39 Å². The van der Waals surface area contributed by atoms with Crippen molar-refractivity contribution in [2.45, 2.75) is 29.5 Å². The SMILES string of the molecule is CC(Br)C1CCN(S(=O)(=O)c2cc(F)ccc2Cl)CC1. The number of nitrogens with zero attached hydrogens (tertiary/aromatic N) is 1. The van der Waals surface area contributed by atoms with Crippen LogP contribution in [0, 0.1) is 11.7 Å². The van der Waals surface area contributed by atoms with Crippen LogP contribution in [0.25, 0.3) is 0 Å². The second-order valence-corrected chi connectivity index (χ2v) is 8.75. The third-order valence-electron chi connectivity index (χ3n) is 3.66. The Kier molecular flexibility index (Phi) is 5.10. The van der Waals surface area contributed by atoms with Crippen LogP contribution in [0.2, 0.25) is 5.02 Å². The monoisotopic (exact) mass is 383 g/mol. The van der Waals surface area contributed by atoms with Gasteiger partial charge in [0.15, 0.2) is 0 Å². The van der Waals surface area contributed by atoms with E-state index < -0.39 is 15.8 Å². The highest BCUT2D eigenvalue weighted by atomic mass is 79.9. The third-order valence-corrected chi connectivity index (χ3v) is 6.79. The Bertz CT molecular complexity index is 586. The number of hydrogen-bond acceptors (Lipinski definition) is 2. The van der Waals surface area contributed by atoms with Crippen molar-refractivity contribution in [2.24, 2.45) is 5.92 Å². The molecular weight excluding hydrogens is 369 g/mol. The van der Waals surface area contributed by atoms with Gasteiger partial charge < -0.3 is 0 Å². The molecule has 20 heavy (non-hydrogen) atoms. The lowest BCUT2D eigenvalue weighted by molar-refractivity contribution is 0.274. The highest BCUT2D eigenvalue weighted by Gasteiger charge is 2.32. The van der Waals surface area contributed by atoms with E-state index in [4.69, 9.17) is 11.6 Å². The summed E-state index contributed by atoms with van der Waals surface area (Å²) in [6.07, 6.45) is 1.58. The first-order valence-electron chi connectivity index (χ1n) is 6.41. The van der Waals surface area contributed by atoms with Crippen molar-refractivity contribution >= 4 is 37.6 Å². The number of halogens is 3. The lowest BCUT2D eigenvalue weighted by Gasteiger charge is -2.32. The van der Waals surface area contributed by atoms with E-state index in [0.717, 1.165) is 25.0 Å². The third kappa shape index (κ3) is 3.35. The fourth-order valence-corrected chi connectivity index (χ4v) is 4.87. The molecule has 1 heterocycles. The molecule has 0 N–H and O–H groups in total. The summed E-state index contributed by atoms with van der Waals surface area (Å²) < 4.78 is 39.7. The lowest BCUT2D eigenvalue weighted by atomic mass is 9.96. The van der Waals surface area contributed by atoms with Crippen molar-refractivity contribution in [1.29, 1.82) is 0 Å². The van der Waals surface area contributed by atoms with Crippen molar-refractivity contribution in [3.63, 3.8) is 0 Å². The van der Waals surface area contributed by atoms with Gasteiger partial charge in [0.1, 0.15) is 10.7 Å². The van der Waals surface area contributed by atoms with E-state index in [2.05, 4.69) is 22.9 Å². The van der Waals surface area contributed by atoms with Gasteiger partial charge in [0.25, 0.3) is 0 Å². The van der Waals surface area contributed by atoms with Gasteiger partial charge in [-0.15, -0.1) is 0 Å². The summed E-state index contributed by atoms with van der Waals surface area (Å²) in [7, 11) is -3.72. The molecular formula is C13H16BrClFNO2S. The predicted octanol–water partition coefficient (Wildman–Crippen LogP) is 3.66. The van der Waals surface area contributed by atoms with Crippen LogP contribution >= 0.6 is 27.5 Å². The van der Waals surface area contributed by atoms with E-state index in [0.29, 0.717) is 23.8 Å². The number of rotatable bonds is 3. The van der Waals surface area contributed by atoms with Crippen molar-refractivity contribution in [1.82, 2.24) is 4.31 Å². The Balaban J connectivity index is 2.22. The van der Waals surface area contributed by atoms with Crippen LogP contribution in [-0.2, 0) is 10.0 Å². The molecule has 2 rings (SSSR count). The van der Waals surface area contributed by atoms with Crippen LogP contribution in [0.1, 0.15) is 19.8 Å². The van der Waals surface area contributed by atoms with Gasteiger partial charge in [-0.05, 0) is 37.0 Å². The number of sulfonamides is 1. The minimum absolute atomic E-state index is 0.0578. The van der Waals surface area contributed by atoms with Gasteiger partial charge in [-0.25, -0.2) is 12.8 Å². The highest BCUT2D eigenvalue weighted by molar-refractivity contribution is 9.09. The van der Waals surface area contributed by atoms with Gasteiger partial charge in [-0.3, -0.25) is 0 Å². The van der Waals surface area contributed by atoms with E-state index in [1.807, 2.05) is 0 Å². The van der Waals surface area contributed by atoms with Crippen molar-refractivity contribution in [2.75, 3.05) is 13.1 Å². The maximum absolute atomic E-state index is 13.3. The smallest absolute Gasteiger partial charge is 0.207 e. The van der Waals surface area contributed by atoms with Gasteiger partial charge in [-0.1, -0.05) is 34.5 Å². The molecule has 1 atom stereocenters. The van der Waals surface area contributed by atoms with Crippen molar-refractivity contribution in [3.8, 4) is 0 Å². The van der Waals surface area contributed by atoms with Gasteiger partial charge in [0.05, 0.1) is 5.02 Å². The molecule has 0 aliphatic carbocycles. The van der Waals surface area contributed by atoms with Crippen LogP contribution in [0.15, 0.2) is 23.1 Å². The molecule has 112 valence electrons. The van der Waals surface area contributed by atoms with Gasteiger partial charge in [0, 0.05) is 17.9 Å². The molecule has 1 saturated heterocycles. The molecule has 1 unspecified atom stereocenters. The summed E-state index contributed by atoms with van der Waals surface area (Å²) in [4.78, 5) is 0.217. The van der Waals surface area contributed by atoms with E-state index in [9.17, 15) is 12.8 Å². The summed E-state index contributed by atoms with van der Waals surface area (Å²) in [5.74, 6) is -0.138. The lowest BCUT2D eigenvalue weighted by Crippen LogP contribution is -2.40. The molecule has 0 saturated carbocycles. The Hall–Kier alpha value is -0.170. The largest absolute Gasteiger partial charge is 0.244 e. The zero-order valence-corrected chi connectivity index (χ0v) is 14.2. The molecule has 1 aliphatic heterocycles. The fraction of sp³-hybridized carbons (Fsp3) is 0.538. The second kappa shape index (κ2) is 6.30. The molecule has 0 amide bonds. The maximum Gasteiger partial charge on any atom is 0.244 e. The van der Waals surface area contributed by atoms with Crippen LogP contribution < -0.4 is 0 Å². The summed E-state index contributed by atoms with van der Waals surface area (Å²) in [5.41, 5.74) is 0. The Morgan fingerprint density at radius 1 is 1.40 bits per heavy atom. The maximum atomic E-state index is 13.3. The molecule has 1 aromatic carbocycles. The first kappa shape index (κ1) is 16.2. The van der Waals surface area contributed by atoms with Crippen LogP contribution in [0.3, 0.4) is 0 Å². The summed E-state index contributed by atoms with van der Waals surface area (Å²) in [6.45, 7) is 2.95.